The van der Waals surface area contributed by atoms with Crippen LogP contribution in [0, 0.1) is 5.92 Å². The molecule has 0 bridgehead atoms. The van der Waals surface area contributed by atoms with Gasteiger partial charge in [0.2, 0.25) is 0 Å². The molecule has 100 valence electrons. The number of carboxylic acids is 1. The van der Waals surface area contributed by atoms with Gasteiger partial charge < -0.3 is 14.7 Å². The van der Waals surface area contributed by atoms with Gasteiger partial charge in [-0.2, -0.15) is 0 Å². The molecule has 0 heterocycles. The van der Waals surface area contributed by atoms with E-state index in [9.17, 15) is 4.79 Å². The third kappa shape index (κ3) is 4.75. The van der Waals surface area contributed by atoms with E-state index >= 15 is 0 Å². The quantitative estimate of drug-likeness (QED) is 0.804. The first kappa shape index (κ1) is 14.5. The first-order valence-electron chi connectivity index (χ1n) is 6.07. The summed E-state index contributed by atoms with van der Waals surface area (Å²) in [6.45, 7) is 3.15. The summed E-state index contributed by atoms with van der Waals surface area (Å²) in [6, 6.07) is 7.95. The van der Waals surface area contributed by atoms with Gasteiger partial charge in [0.05, 0.1) is 13.0 Å². The van der Waals surface area contributed by atoms with Crippen molar-refractivity contribution in [2.24, 2.45) is 5.92 Å². The fourth-order valence-electron chi connectivity index (χ4n) is 1.75. The minimum atomic E-state index is -0.744. The van der Waals surface area contributed by atoms with E-state index in [1.807, 2.05) is 36.2 Å². The van der Waals surface area contributed by atoms with Gasteiger partial charge in [0.15, 0.2) is 0 Å². The predicted octanol–water partition coefficient (Wildman–Crippen LogP) is 1.89. The van der Waals surface area contributed by atoms with E-state index in [2.05, 4.69) is 0 Å². The van der Waals surface area contributed by atoms with Crippen molar-refractivity contribution in [3.63, 3.8) is 0 Å². The fraction of sp³-hybridized carbons (Fsp3) is 0.500. The zero-order chi connectivity index (χ0) is 13.5. The highest BCUT2D eigenvalue weighted by Gasteiger charge is 2.13. The summed E-state index contributed by atoms with van der Waals surface area (Å²) in [5.74, 6) is -0.219. The molecule has 4 nitrogen and oxygen atoms in total. The maximum atomic E-state index is 10.7. The van der Waals surface area contributed by atoms with Gasteiger partial charge >= 0.3 is 5.97 Å². The van der Waals surface area contributed by atoms with E-state index < -0.39 is 5.97 Å². The maximum absolute atomic E-state index is 10.7. The van der Waals surface area contributed by atoms with Crippen LogP contribution in [-0.2, 0) is 11.2 Å². The molecule has 0 aliphatic heterocycles. The van der Waals surface area contributed by atoms with Crippen molar-refractivity contribution in [2.45, 2.75) is 13.3 Å². The number of benzene rings is 1. The summed E-state index contributed by atoms with van der Waals surface area (Å²) in [4.78, 5) is 12.8. The highest BCUT2D eigenvalue weighted by molar-refractivity contribution is 5.69. The zero-order valence-corrected chi connectivity index (χ0v) is 11.2. The summed E-state index contributed by atoms with van der Waals surface area (Å²) in [7, 11) is 3.60. The van der Waals surface area contributed by atoms with Gasteiger partial charge in [0.1, 0.15) is 5.75 Å². The Hall–Kier alpha value is -1.55. The van der Waals surface area contributed by atoms with E-state index in [-0.39, 0.29) is 5.92 Å². The number of carboxylic acid groups (broad SMARTS) is 1. The van der Waals surface area contributed by atoms with Gasteiger partial charge in [-0.1, -0.05) is 19.1 Å². The number of likely N-dealkylation sites (N-methyl/N-ethyl adjacent to an activating group) is 1. The third-order valence-corrected chi connectivity index (χ3v) is 2.95. The average Bonchev–Trinajstić information content (AvgIpc) is 2.36. The standard InChI is InChI=1S/C14H21NO3/c1-11(14(16)17)10-15(2)9-8-12-4-6-13(18-3)7-5-12/h4-7,11H,8-10H2,1-3H3,(H,16,17). The molecular formula is C14H21NO3. The molecule has 1 unspecified atom stereocenters. The topological polar surface area (TPSA) is 49.8 Å². The Labute approximate surface area is 108 Å². The molecule has 1 N–H and O–H groups in total. The molecule has 0 radical (unpaired) electrons. The van der Waals surface area contributed by atoms with E-state index in [1.54, 1.807) is 14.0 Å². The first-order chi connectivity index (χ1) is 8.52. The van der Waals surface area contributed by atoms with Crippen molar-refractivity contribution in [1.29, 1.82) is 0 Å². The van der Waals surface area contributed by atoms with Crippen LogP contribution in [0.3, 0.4) is 0 Å². The number of methoxy groups -OCH3 is 1. The molecular weight excluding hydrogens is 230 g/mol. The highest BCUT2D eigenvalue weighted by Crippen LogP contribution is 2.12. The smallest absolute Gasteiger partial charge is 0.307 e. The molecule has 0 aromatic heterocycles. The molecule has 18 heavy (non-hydrogen) atoms. The van der Waals surface area contributed by atoms with Crippen molar-refractivity contribution < 1.29 is 14.6 Å². The zero-order valence-electron chi connectivity index (χ0n) is 11.2. The van der Waals surface area contributed by atoms with Crippen LogP contribution in [0.1, 0.15) is 12.5 Å². The van der Waals surface area contributed by atoms with Crippen LogP contribution in [0.25, 0.3) is 0 Å². The van der Waals surface area contributed by atoms with E-state index in [1.165, 1.54) is 5.56 Å². The lowest BCUT2D eigenvalue weighted by Crippen LogP contribution is -2.30. The molecule has 1 aromatic rings. The molecule has 0 aliphatic carbocycles. The lowest BCUT2D eigenvalue weighted by molar-refractivity contribution is -0.141. The number of hydrogen-bond acceptors (Lipinski definition) is 3. The van der Waals surface area contributed by atoms with E-state index in [4.69, 9.17) is 9.84 Å². The Balaban J connectivity index is 2.37. The summed E-state index contributed by atoms with van der Waals surface area (Å²) in [5.41, 5.74) is 1.23. The number of ether oxygens (including phenoxy) is 1. The lowest BCUT2D eigenvalue weighted by Gasteiger charge is -2.18. The number of aliphatic carboxylic acids is 1. The number of nitrogens with zero attached hydrogens (tertiary/aromatic N) is 1. The Morgan fingerprint density at radius 2 is 2.00 bits per heavy atom. The van der Waals surface area contributed by atoms with E-state index in [0.29, 0.717) is 6.54 Å². The second kappa shape index (κ2) is 7.01. The highest BCUT2D eigenvalue weighted by atomic mass is 16.5. The summed E-state index contributed by atoms with van der Waals surface area (Å²) < 4.78 is 5.10. The molecule has 1 atom stereocenters. The molecule has 0 saturated heterocycles. The summed E-state index contributed by atoms with van der Waals surface area (Å²) in [5, 5.41) is 8.83. The van der Waals surface area contributed by atoms with Crippen LogP contribution in [0.5, 0.6) is 5.75 Å². The molecule has 4 heteroatoms. The van der Waals surface area contributed by atoms with Crippen molar-refractivity contribution in [3.05, 3.63) is 29.8 Å². The van der Waals surface area contributed by atoms with Gasteiger partial charge in [-0.3, -0.25) is 4.79 Å². The van der Waals surface area contributed by atoms with Crippen LogP contribution in [-0.4, -0.2) is 43.2 Å². The minimum Gasteiger partial charge on any atom is -0.497 e. The molecule has 1 aromatic carbocycles. The second-order valence-electron chi connectivity index (χ2n) is 4.60. The van der Waals surface area contributed by atoms with Crippen molar-refractivity contribution in [1.82, 2.24) is 4.90 Å². The van der Waals surface area contributed by atoms with Gasteiger partial charge in [-0.05, 0) is 31.2 Å². The largest absolute Gasteiger partial charge is 0.497 e. The van der Waals surface area contributed by atoms with Crippen molar-refractivity contribution >= 4 is 5.97 Å². The molecule has 0 saturated carbocycles. The van der Waals surface area contributed by atoms with Gasteiger partial charge in [-0.15, -0.1) is 0 Å². The Morgan fingerprint density at radius 3 is 2.50 bits per heavy atom. The van der Waals surface area contributed by atoms with Crippen LogP contribution in [0.4, 0.5) is 0 Å². The average molecular weight is 251 g/mol. The summed E-state index contributed by atoms with van der Waals surface area (Å²) >= 11 is 0. The molecule has 0 fully saturated rings. The monoisotopic (exact) mass is 251 g/mol. The number of rotatable bonds is 7. The number of hydrogen-bond donors (Lipinski definition) is 1. The number of carbonyl (C=O) groups is 1. The second-order valence-corrected chi connectivity index (χ2v) is 4.60. The Morgan fingerprint density at radius 1 is 1.39 bits per heavy atom. The fourth-order valence-corrected chi connectivity index (χ4v) is 1.75. The first-order valence-corrected chi connectivity index (χ1v) is 6.07. The molecule has 0 spiro atoms. The normalized spacial score (nSPS) is 12.4. The molecule has 0 aliphatic rings. The van der Waals surface area contributed by atoms with Crippen molar-refractivity contribution in [2.75, 3.05) is 27.2 Å². The third-order valence-electron chi connectivity index (χ3n) is 2.95. The van der Waals surface area contributed by atoms with Crippen LogP contribution in [0.15, 0.2) is 24.3 Å². The van der Waals surface area contributed by atoms with E-state index in [0.717, 1.165) is 18.7 Å². The predicted molar refractivity (Wildman–Crippen MR) is 71.0 cm³/mol. The van der Waals surface area contributed by atoms with Gasteiger partial charge in [-0.25, -0.2) is 0 Å². The minimum absolute atomic E-state index is 0.328. The summed E-state index contributed by atoms with van der Waals surface area (Å²) in [6.07, 6.45) is 0.910. The SMILES string of the molecule is COc1ccc(CCN(C)CC(C)C(=O)O)cc1. The van der Waals surface area contributed by atoms with Crippen LogP contribution in [0.2, 0.25) is 0 Å². The van der Waals surface area contributed by atoms with Crippen LogP contribution < -0.4 is 4.74 Å². The Bertz CT molecular complexity index is 375. The van der Waals surface area contributed by atoms with Crippen molar-refractivity contribution in [3.8, 4) is 5.75 Å². The lowest BCUT2D eigenvalue weighted by atomic mass is 10.1. The molecule has 0 amide bonds. The van der Waals surface area contributed by atoms with Gasteiger partial charge in [0, 0.05) is 13.1 Å². The molecule has 1 rings (SSSR count). The van der Waals surface area contributed by atoms with Crippen LogP contribution >= 0.6 is 0 Å². The Kier molecular flexibility index (Phi) is 5.65. The van der Waals surface area contributed by atoms with Gasteiger partial charge in [0.25, 0.3) is 0 Å². The maximum Gasteiger partial charge on any atom is 0.307 e.